The quantitative estimate of drug-likeness (QED) is 0.895. The topological polar surface area (TPSA) is 35.2 Å². The first-order valence-electron chi connectivity index (χ1n) is 5.51. The molecule has 0 amide bonds. The fourth-order valence-corrected chi connectivity index (χ4v) is 1.72. The lowest BCUT2D eigenvalue weighted by atomic mass is 10.1. The second kappa shape index (κ2) is 5.71. The van der Waals surface area contributed by atoms with Crippen molar-refractivity contribution in [2.24, 2.45) is 5.73 Å². The Bertz CT molecular complexity index is 482. The first-order chi connectivity index (χ1) is 8.29. The molecule has 0 aliphatic rings. The summed E-state index contributed by atoms with van der Waals surface area (Å²) in [4.78, 5) is 0. The van der Waals surface area contributed by atoms with E-state index in [1.807, 2.05) is 42.5 Å². The minimum atomic E-state index is 0.610. The van der Waals surface area contributed by atoms with Crippen molar-refractivity contribution in [1.82, 2.24) is 0 Å². The second-order valence-corrected chi connectivity index (χ2v) is 4.12. The van der Waals surface area contributed by atoms with E-state index in [0.29, 0.717) is 17.3 Å². The minimum Gasteiger partial charge on any atom is -0.456 e. The Morgan fingerprint density at radius 2 is 1.71 bits per heavy atom. The Morgan fingerprint density at radius 1 is 1.00 bits per heavy atom. The highest BCUT2D eigenvalue weighted by Gasteiger charge is 2.01. The molecule has 2 aromatic carbocycles. The highest BCUT2D eigenvalue weighted by Crippen LogP contribution is 2.28. The molecule has 0 fully saturated rings. The van der Waals surface area contributed by atoms with Crippen LogP contribution < -0.4 is 10.5 Å². The van der Waals surface area contributed by atoms with Crippen molar-refractivity contribution in [3.8, 4) is 11.5 Å². The Hall–Kier alpha value is -1.51. The van der Waals surface area contributed by atoms with Crippen LogP contribution in [0.15, 0.2) is 48.5 Å². The van der Waals surface area contributed by atoms with Crippen molar-refractivity contribution >= 4 is 11.6 Å². The number of ether oxygens (including phenoxy) is 1. The number of hydrogen-bond donors (Lipinski definition) is 1. The summed E-state index contributed by atoms with van der Waals surface area (Å²) in [6.45, 7) is 0.657. The number of nitrogens with two attached hydrogens (primary N) is 1. The zero-order chi connectivity index (χ0) is 12.1. The van der Waals surface area contributed by atoms with E-state index in [1.54, 1.807) is 6.07 Å². The molecular formula is C14H14ClNO. The van der Waals surface area contributed by atoms with Crippen LogP contribution in [0.1, 0.15) is 5.56 Å². The van der Waals surface area contributed by atoms with Gasteiger partial charge in [0.15, 0.2) is 0 Å². The lowest BCUT2D eigenvalue weighted by Gasteiger charge is -2.07. The van der Waals surface area contributed by atoms with Crippen molar-refractivity contribution < 1.29 is 4.74 Å². The smallest absolute Gasteiger partial charge is 0.146 e. The highest BCUT2D eigenvalue weighted by molar-refractivity contribution is 6.32. The zero-order valence-corrected chi connectivity index (χ0v) is 10.2. The summed E-state index contributed by atoms with van der Waals surface area (Å²) in [5, 5.41) is 0.610. The SMILES string of the molecule is NCCc1ccc(Oc2ccccc2Cl)cc1. The molecule has 88 valence electrons. The molecule has 3 heteroatoms. The molecule has 0 atom stereocenters. The summed E-state index contributed by atoms with van der Waals surface area (Å²) >= 11 is 6.01. The largest absolute Gasteiger partial charge is 0.456 e. The summed E-state index contributed by atoms with van der Waals surface area (Å²) < 4.78 is 5.68. The van der Waals surface area contributed by atoms with Gasteiger partial charge in [0.25, 0.3) is 0 Å². The van der Waals surface area contributed by atoms with Gasteiger partial charge in [0, 0.05) is 0 Å². The van der Waals surface area contributed by atoms with Gasteiger partial charge in [-0.25, -0.2) is 0 Å². The molecule has 17 heavy (non-hydrogen) atoms. The summed E-state index contributed by atoms with van der Waals surface area (Å²) in [7, 11) is 0. The fourth-order valence-electron chi connectivity index (χ4n) is 1.55. The number of para-hydroxylation sites is 1. The molecule has 0 aromatic heterocycles. The van der Waals surface area contributed by atoms with Crippen LogP contribution in [-0.4, -0.2) is 6.54 Å². The molecule has 0 bridgehead atoms. The van der Waals surface area contributed by atoms with E-state index < -0.39 is 0 Å². The second-order valence-electron chi connectivity index (χ2n) is 3.72. The van der Waals surface area contributed by atoms with Gasteiger partial charge < -0.3 is 10.5 Å². The fraction of sp³-hybridized carbons (Fsp3) is 0.143. The Balaban J connectivity index is 2.11. The number of rotatable bonds is 4. The molecule has 0 heterocycles. The van der Waals surface area contributed by atoms with Gasteiger partial charge in [-0.1, -0.05) is 35.9 Å². The third-order valence-corrected chi connectivity index (χ3v) is 2.73. The molecule has 0 radical (unpaired) electrons. The predicted octanol–water partition coefficient (Wildman–Crippen LogP) is 3.63. The van der Waals surface area contributed by atoms with E-state index in [0.717, 1.165) is 12.2 Å². The normalized spacial score (nSPS) is 10.2. The maximum absolute atomic E-state index is 6.01. The minimum absolute atomic E-state index is 0.610. The summed E-state index contributed by atoms with van der Waals surface area (Å²) in [6, 6.07) is 15.3. The standard InChI is InChI=1S/C14H14ClNO/c15-13-3-1-2-4-14(13)17-12-7-5-11(6-8-12)9-10-16/h1-8H,9-10,16H2. The molecule has 0 spiro atoms. The van der Waals surface area contributed by atoms with Crippen molar-refractivity contribution in [1.29, 1.82) is 0 Å². The molecule has 0 unspecified atom stereocenters. The highest BCUT2D eigenvalue weighted by atomic mass is 35.5. The summed E-state index contributed by atoms with van der Waals surface area (Å²) in [5.74, 6) is 1.44. The van der Waals surface area contributed by atoms with Gasteiger partial charge in [-0.2, -0.15) is 0 Å². The van der Waals surface area contributed by atoms with E-state index in [4.69, 9.17) is 22.1 Å². The summed E-state index contributed by atoms with van der Waals surface area (Å²) in [5.41, 5.74) is 6.70. The predicted molar refractivity (Wildman–Crippen MR) is 70.7 cm³/mol. The van der Waals surface area contributed by atoms with Gasteiger partial charge >= 0.3 is 0 Å². The molecule has 0 saturated heterocycles. The van der Waals surface area contributed by atoms with Crippen molar-refractivity contribution in [3.05, 3.63) is 59.1 Å². The van der Waals surface area contributed by atoms with Gasteiger partial charge in [-0.3, -0.25) is 0 Å². The van der Waals surface area contributed by atoms with E-state index >= 15 is 0 Å². The van der Waals surface area contributed by atoms with Gasteiger partial charge in [0.05, 0.1) is 5.02 Å². The van der Waals surface area contributed by atoms with Crippen LogP contribution in [0, 0.1) is 0 Å². The molecule has 0 aliphatic heterocycles. The first kappa shape index (κ1) is 12.0. The maximum Gasteiger partial charge on any atom is 0.146 e. The monoisotopic (exact) mass is 247 g/mol. The van der Waals surface area contributed by atoms with E-state index in [9.17, 15) is 0 Å². The van der Waals surface area contributed by atoms with E-state index in [2.05, 4.69) is 0 Å². The maximum atomic E-state index is 6.01. The average molecular weight is 248 g/mol. The van der Waals surface area contributed by atoms with E-state index in [-0.39, 0.29) is 0 Å². The Morgan fingerprint density at radius 3 is 2.35 bits per heavy atom. The van der Waals surface area contributed by atoms with Gasteiger partial charge in [0.1, 0.15) is 11.5 Å². The van der Waals surface area contributed by atoms with Crippen LogP contribution >= 0.6 is 11.6 Å². The molecule has 2 nitrogen and oxygen atoms in total. The van der Waals surface area contributed by atoms with Crippen LogP contribution in [-0.2, 0) is 6.42 Å². The third kappa shape index (κ3) is 3.22. The molecule has 0 saturated carbocycles. The van der Waals surface area contributed by atoms with Crippen LogP contribution in [0.3, 0.4) is 0 Å². The van der Waals surface area contributed by atoms with E-state index in [1.165, 1.54) is 5.56 Å². The van der Waals surface area contributed by atoms with Crippen molar-refractivity contribution in [2.75, 3.05) is 6.54 Å². The molecular weight excluding hydrogens is 234 g/mol. The van der Waals surface area contributed by atoms with Crippen molar-refractivity contribution in [3.63, 3.8) is 0 Å². The Labute approximate surface area is 106 Å². The first-order valence-corrected chi connectivity index (χ1v) is 5.89. The average Bonchev–Trinajstić information content (AvgIpc) is 2.35. The summed E-state index contributed by atoms with van der Waals surface area (Å²) in [6.07, 6.45) is 0.881. The lowest BCUT2D eigenvalue weighted by Crippen LogP contribution is -2.02. The van der Waals surface area contributed by atoms with Crippen LogP contribution in [0.4, 0.5) is 0 Å². The van der Waals surface area contributed by atoms with Crippen LogP contribution in [0.2, 0.25) is 5.02 Å². The molecule has 2 rings (SSSR count). The van der Waals surface area contributed by atoms with Crippen molar-refractivity contribution in [2.45, 2.75) is 6.42 Å². The van der Waals surface area contributed by atoms with Crippen LogP contribution in [0.25, 0.3) is 0 Å². The molecule has 2 N–H and O–H groups in total. The number of halogens is 1. The van der Waals surface area contributed by atoms with Gasteiger partial charge in [0.2, 0.25) is 0 Å². The lowest BCUT2D eigenvalue weighted by molar-refractivity contribution is 0.482. The zero-order valence-electron chi connectivity index (χ0n) is 9.40. The Kier molecular flexibility index (Phi) is 4.02. The number of benzene rings is 2. The molecule has 2 aromatic rings. The molecule has 0 aliphatic carbocycles. The van der Waals surface area contributed by atoms with Crippen LogP contribution in [0.5, 0.6) is 11.5 Å². The third-order valence-electron chi connectivity index (χ3n) is 2.42. The number of hydrogen-bond acceptors (Lipinski definition) is 2. The van der Waals surface area contributed by atoms with Gasteiger partial charge in [-0.15, -0.1) is 0 Å². The van der Waals surface area contributed by atoms with Gasteiger partial charge in [-0.05, 0) is 42.8 Å².